The second kappa shape index (κ2) is 11.8. The van der Waals surface area contributed by atoms with E-state index in [0.717, 1.165) is 24.6 Å². The maximum absolute atomic E-state index is 15.8. The number of aromatic carboxylic acids is 1. The summed E-state index contributed by atoms with van der Waals surface area (Å²) in [5.41, 5.74) is 1.00. The minimum atomic E-state index is -1.35. The maximum atomic E-state index is 15.8. The van der Waals surface area contributed by atoms with Crippen LogP contribution < -0.4 is 15.1 Å². The van der Waals surface area contributed by atoms with Gasteiger partial charge in [-0.25, -0.2) is 9.18 Å². The fraction of sp³-hybridized carbons (Fsp3) is 0.375. The minimum Gasteiger partial charge on any atom is -0.493 e. The van der Waals surface area contributed by atoms with E-state index in [1.807, 2.05) is 30.2 Å². The lowest BCUT2D eigenvalue weighted by atomic mass is 10.1. The number of fused-ring (bicyclic) bond motifs is 2. The molecular weight excluding hydrogens is 611 g/mol. The van der Waals surface area contributed by atoms with Crippen molar-refractivity contribution < 1.29 is 24.1 Å². The van der Waals surface area contributed by atoms with Gasteiger partial charge >= 0.3 is 5.97 Å². The summed E-state index contributed by atoms with van der Waals surface area (Å²) >= 11 is 0. The van der Waals surface area contributed by atoms with Gasteiger partial charge in [0.05, 0.1) is 35.8 Å². The third-order valence-corrected chi connectivity index (χ3v) is 9.17. The maximum Gasteiger partial charge on any atom is 0.341 e. The minimum absolute atomic E-state index is 0.00818. The van der Waals surface area contributed by atoms with Gasteiger partial charge in [0.15, 0.2) is 17.3 Å². The highest BCUT2D eigenvalue weighted by Crippen LogP contribution is 2.44. The first-order chi connectivity index (χ1) is 22.7. The second-order valence-corrected chi connectivity index (χ2v) is 12.1. The zero-order valence-corrected chi connectivity index (χ0v) is 25.8. The van der Waals surface area contributed by atoms with Gasteiger partial charge in [0, 0.05) is 62.6 Å². The molecule has 0 amide bonds. The molecule has 244 valence electrons. The number of carboxylic acids is 1. The van der Waals surface area contributed by atoms with E-state index in [9.17, 15) is 24.7 Å². The number of rotatable bonds is 10. The number of halogens is 1. The molecule has 0 radical (unpaired) electrons. The first kappa shape index (κ1) is 30.3. The van der Waals surface area contributed by atoms with E-state index in [0.29, 0.717) is 55.7 Å². The number of hydrogen-bond donors (Lipinski definition) is 2. The average Bonchev–Trinajstić information content (AvgIpc) is 3.74. The van der Waals surface area contributed by atoms with Crippen molar-refractivity contribution in [2.45, 2.75) is 51.5 Å². The number of methoxy groups -OCH3 is 1. The molecule has 3 aromatic heterocycles. The summed E-state index contributed by atoms with van der Waals surface area (Å²) in [5, 5.41) is 32.4. The summed E-state index contributed by atoms with van der Waals surface area (Å²) in [6, 6.07) is 8.32. The Balaban J connectivity index is 1.08. The molecule has 2 fully saturated rings. The molecule has 1 atom stereocenters. The van der Waals surface area contributed by atoms with Gasteiger partial charge in [-0.3, -0.25) is 14.4 Å². The fourth-order valence-corrected chi connectivity index (χ4v) is 6.68. The molecule has 4 heterocycles. The van der Waals surface area contributed by atoms with Gasteiger partial charge in [0.25, 0.3) is 0 Å². The Morgan fingerprint density at radius 2 is 1.94 bits per heavy atom. The number of nitroso groups, excluding NO2 is 1. The molecule has 14 nitrogen and oxygen atoms in total. The van der Waals surface area contributed by atoms with E-state index in [-0.39, 0.29) is 40.5 Å². The van der Waals surface area contributed by atoms with Crippen LogP contribution in [-0.2, 0) is 19.6 Å². The molecule has 0 bridgehead atoms. The van der Waals surface area contributed by atoms with Crippen molar-refractivity contribution in [3.8, 4) is 11.6 Å². The highest BCUT2D eigenvalue weighted by molar-refractivity contribution is 5.97. The molecule has 47 heavy (non-hydrogen) atoms. The molecule has 2 aliphatic rings. The van der Waals surface area contributed by atoms with Gasteiger partial charge in [-0.1, -0.05) is 23.4 Å². The van der Waals surface area contributed by atoms with Crippen LogP contribution in [0, 0.1) is 10.7 Å². The summed E-state index contributed by atoms with van der Waals surface area (Å²) in [7, 11) is 1.44. The lowest BCUT2D eigenvalue weighted by molar-refractivity contribution is 0.0694. The summed E-state index contributed by atoms with van der Waals surface area (Å²) in [6.07, 6.45) is 4.86. The largest absolute Gasteiger partial charge is 0.493 e. The van der Waals surface area contributed by atoms with Gasteiger partial charge in [0.2, 0.25) is 11.3 Å². The van der Waals surface area contributed by atoms with Crippen molar-refractivity contribution in [1.82, 2.24) is 29.0 Å². The number of piperazine rings is 1. The Kier molecular flexibility index (Phi) is 7.62. The van der Waals surface area contributed by atoms with Gasteiger partial charge in [0.1, 0.15) is 11.3 Å². The number of nitrogens with zero attached hydrogens (tertiary/aromatic N) is 8. The van der Waals surface area contributed by atoms with Crippen molar-refractivity contribution in [3.05, 3.63) is 74.9 Å². The highest BCUT2D eigenvalue weighted by atomic mass is 19.1. The standard InChI is InChI=1S/C32H33FN8O6/c1-18-14-38(28-24(33)13-22-27(30(28)47-2)41(20-7-8-20)17-23(29(22)42)32(44)45)10-9-37(18)15-19-16-39(36-34-19)11-12-40-25-6-4-3-5-21(25)26(35-46)31(40)43/h3-6,13,16-18,20,43H,7-12,14-15H2,1-2H3,(H,44,45). The van der Waals surface area contributed by atoms with E-state index in [2.05, 4.69) is 20.4 Å². The molecule has 5 aromatic rings. The van der Waals surface area contributed by atoms with Gasteiger partial charge in [-0.05, 0) is 37.1 Å². The van der Waals surface area contributed by atoms with Crippen molar-refractivity contribution in [1.29, 1.82) is 0 Å². The molecule has 7 rings (SSSR count). The molecule has 1 saturated heterocycles. The van der Waals surface area contributed by atoms with Crippen molar-refractivity contribution in [2.24, 2.45) is 5.18 Å². The lowest BCUT2D eigenvalue weighted by Crippen LogP contribution is -2.51. The van der Waals surface area contributed by atoms with Crippen LogP contribution in [0.2, 0.25) is 0 Å². The van der Waals surface area contributed by atoms with Gasteiger partial charge < -0.3 is 29.0 Å². The van der Waals surface area contributed by atoms with Crippen LogP contribution in [0.4, 0.5) is 15.8 Å². The molecule has 0 spiro atoms. The average molecular weight is 645 g/mol. The summed E-state index contributed by atoms with van der Waals surface area (Å²) in [4.78, 5) is 40.3. The number of aromatic hydroxyl groups is 1. The first-order valence-corrected chi connectivity index (χ1v) is 15.4. The van der Waals surface area contributed by atoms with Crippen LogP contribution in [0.5, 0.6) is 11.6 Å². The number of aromatic nitrogens is 5. The summed E-state index contributed by atoms with van der Waals surface area (Å²) in [6.45, 7) is 4.86. The van der Waals surface area contributed by atoms with E-state index in [1.165, 1.54) is 13.3 Å². The number of anilines is 1. The number of carboxylic acid groups (broad SMARTS) is 1. The molecule has 1 aliphatic carbocycles. The number of carbonyl (C=O) groups is 1. The molecule has 15 heteroatoms. The van der Waals surface area contributed by atoms with Crippen molar-refractivity contribution in [2.75, 3.05) is 31.6 Å². The highest BCUT2D eigenvalue weighted by Gasteiger charge is 2.33. The Morgan fingerprint density at radius 3 is 2.64 bits per heavy atom. The monoisotopic (exact) mass is 644 g/mol. The summed E-state index contributed by atoms with van der Waals surface area (Å²) in [5.74, 6) is -1.95. The summed E-state index contributed by atoms with van der Waals surface area (Å²) < 4.78 is 26.6. The zero-order valence-electron chi connectivity index (χ0n) is 25.8. The van der Waals surface area contributed by atoms with E-state index >= 15 is 4.39 Å². The Labute approximate surface area is 267 Å². The first-order valence-electron chi connectivity index (χ1n) is 15.4. The molecule has 2 N–H and O–H groups in total. The molecule has 1 saturated carbocycles. The number of ether oxygens (including phenoxy) is 1. The van der Waals surface area contributed by atoms with Crippen LogP contribution in [0.15, 0.2) is 52.7 Å². The molecular formula is C32H33FN8O6. The Bertz CT molecular complexity index is 2100. The lowest BCUT2D eigenvalue weighted by Gasteiger charge is -2.41. The quantitative estimate of drug-likeness (QED) is 0.211. The SMILES string of the molecule is COc1c(N2CCN(Cc3cn(CCn4c(O)c(N=O)c5ccccc54)nn3)C(C)C2)c(F)cc2c(=O)c(C(=O)O)cn(C3CC3)c12. The Morgan fingerprint density at radius 1 is 1.15 bits per heavy atom. The second-order valence-electron chi connectivity index (χ2n) is 12.1. The molecule has 2 aromatic carbocycles. The van der Waals surface area contributed by atoms with Crippen LogP contribution in [0.25, 0.3) is 21.8 Å². The van der Waals surface area contributed by atoms with Gasteiger partial charge in [-0.15, -0.1) is 10.0 Å². The topological polar surface area (TPSA) is 160 Å². The normalized spacial score (nSPS) is 17.1. The van der Waals surface area contributed by atoms with Crippen molar-refractivity contribution in [3.63, 3.8) is 0 Å². The predicted octanol–water partition coefficient (Wildman–Crippen LogP) is 4.24. The third kappa shape index (κ3) is 5.25. The van der Waals surface area contributed by atoms with E-state index < -0.39 is 22.8 Å². The van der Waals surface area contributed by atoms with Crippen LogP contribution >= 0.6 is 0 Å². The van der Waals surface area contributed by atoms with Gasteiger partial charge in [-0.2, -0.15) is 0 Å². The van der Waals surface area contributed by atoms with Crippen LogP contribution in [0.3, 0.4) is 0 Å². The van der Waals surface area contributed by atoms with Crippen LogP contribution in [-0.4, -0.2) is 78.0 Å². The van der Waals surface area contributed by atoms with E-state index in [1.54, 1.807) is 25.9 Å². The number of pyridine rings is 1. The molecule has 1 unspecified atom stereocenters. The fourth-order valence-electron chi connectivity index (χ4n) is 6.68. The van der Waals surface area contributed by atoms with Crippen molar-refractivity contribution >= 4 is 39.1 Å². The number of aryl methyl sites for hydroxylation is 2. The zero-order chi connectivity index (χ0) is 33.0. The van der Waals surface area contributed by atoms with Crippen LogP contribution in [0.1, 0.15) is 41.9 Å². The van der Waals surface area contributed by atoms with E-state index in [4.69, 9.17) is 4.74 Å². The smallest absolute Gasteiger partial charge is 0.341 e. The number of hydrogen-bond acceptors (Lipinski definition) is 10. The number of para-hydroxylation sites is 1. The predicted molar refractivity (Wildman–Crippen MR) is 171 cm³/mol. The third-order valence-electron chi connectivity index (χ3n) is 9.17. The molecule has 1 aliphatic heterocycles. The Hall–Kier alpha value is -5.31. The number of benzene rings is 2.